The van der Waals surface area contributed by atoms with E-state index >= 15 is 0 Å². The third-order valence-electron chi connectivity index (χ3n) is 4.72. The van der Waals surface area contributed by atoms with Gasteiger partial charge < -0.3 is 0 Å². The van der Waals surface area contributed by atoms with Crippen LogP contribution in [-0.2, 0) is 9.84 Å². The maximum Gasteiger partial charge on any atom is 0.196 e. The fourth-order valence-electron chi connectivity index (χ4n) is 3.40. The van der Waals surface area contributed by atoms with Gasteiger partial charge in [-0.1, -0.05) is 59.8 Å². The molecule has 0 bridgehead atoms. The number of aromatic nitrogens is 3. The average Bonchev–Trinajstić information content (AvgIpc) is 3.19. The van der Waals surface area contributed by atoms with Gasteiger partial charge in [0.2, 0.25) is 0 Å². The van der Waals surface area contributed by atoms with Crippen LogP contribution in [0, 0.1) is 13.8 Å². The average molecular weight is 400 g/mol. The summed E-state index contributed by atoms with van der Waals surface area (Å²) in [5.74, 6) is 1.23. The third kappa shape index (κ3) is 3.80. The van der Waals surface area contributed by atoms with Crippen molar-refractivity contribution in [2.24, 2.45) is 0 Å². The molecule has 7 heteroatoms. The van der Waals surface area contributed by atoms with Crippen LogP contribution in [0.5, 0.6) is 0 Å². The molecule has 0 spiro atoms. The molecule has 3 aromatic rings. The molecule has 1 aromatic heterocycles. The van der Waals surface area contributed by atoms with Crippen molar-refractivity contribution in [2.75, 3.05) is 11.5 Å². The molecule has 4 rings (SSSR count). The first-order chi connectivity index (χ1) is 12.9. The monoisotopic (exact) mass is 399 g/mol. The van der Waals surface area contributed by atoms with Crippen molar-refractivity contribution in [2.45, 2.75) is 30.7 Å². The number of rotatable bonds is 4. The number of hydrogen-bond acceptors (Lipinski definition) is 5. The molecule has 1 aliphatic heterocycles. The lowest BCUT2D eigenvalue weighted by Crippen LogP contribution is -2.09. The Kier molecular flexibility index (Phi) is 4.82. The highest BCUT2D eigenvalue weighted by molar-refractivity contribution is 8.01. The number of sulfone groups is 1. The topological polar surface area (TPSA) is 64.8 Å². The van der Waals surface area contributed by atoms with Crippen molar-refractivity contribution >= 4 is 21.6 Å². The summed E-state index contributed by atoms with van der Waals surface area (Å²) in [5.41, 5.74) is 4.33. The van der Waals surface area contributed by atoms with Crippen LogP contribution in [0.15, 0.2) is 53.7 Å². The molecular weight excluding hydrogens is 378 g/mol. The van der Waals surface area contributed by atoms with E-state index in [2.05, 4.69) is 46.8 Å². The third-order valence-corrected chi connectivity index (χ3v) is 7.91. The molecule has 0 N–H and O–H groups in total. The summed E-state index contributed by atoms with van der Waals surface area (Å²) in [6.45, 7) is 4.14. The van der Waals surface area contributed by atoms with Crippen LogP contribution in [0.3, 0.4) is 0 Å². The van der Waals surface area contributed by atoms with Crippen molar-refractivity contribution in [3.63, 3.8) is 0 Å². The van der Waals surface area contributed by atoms with Gasteiger partial charge in [-0.15, -0.1) is 10.2 Å². The van der Waals surface area contributed by atoms with Crippen LogP contribution in [0.1, 0.15) is 17.5 Å². The number of benzene rings is 2. The minimum atomic E-state index is -2.93. The fourth-order valence-corrected chi connectivity index (χ4v) is 6.90. The molecular formula is C20H21N3O2S2. The van der Waals surface area contributed by atoms with Crippen LogP contribution in [0.2, 0.25) is 0 Å². The second kappa shape index (κ2) is 7.13. The summed E-state index contributed by atoms with van der Waals surface area (Å²) >= 11 is 1.51. The molecule has 2 aromatic carbocycles. The van der Waals surface area contributed by atoms with E-state index in [1.54, 1.807) is 0 Å². The van der Waals surface area contributed by atoms with E-state index in [0.29, 0.717) is 6.42 Å². The lowest BCUT2D eigenvalue weighted by atomic mass is 10.1. The predicted molar refractivity (Wildman–Crippen MR) is 109 cm³/mol. The Hall–Kier alpha value is -2.12. The van der Waals surface area contributed by atoms with Crippen molar-refractivity contribution in [1.29, 1.82) is 0 Å². The van der Waals surface area contributed by atoms with Gasteiger partial charge in [0, 0.05) is 10.8 Å². The first-order valence-corrected chi connectivity index (χ1v) is 11.6. The molecule has 0 saturated carbocycles. The Labute approximate surface area is 163 Å². The lowest BCUT2D eigenvalue weighted by Gasteiger charge is -2.15. The highest BCUT2D eigenvalue weighted by Crippen LogP contribution is 2.34. The highest BCUT2D eigenvalue weighted by atomic mass is 32.2. The van der Waals surface area contributed by atoms with Crippen molar-refractivity contribution in [1.82, 2.24) is 14.8 Å². The molecule has 1 atom stereocenters. The lowest BCUT2D eigenvalue weighted by molar-refractivity contribution is 0.602. The van der Waals surface area contributed by atoms with E-state index < -0.39 is 9.84 Å². The predicted octanol–water partition coefficient (Wildman–Crippen LogP) is 3.83. The van der Waals surface area contributed by atoms with Crippen LogP contribution >= 0.6 is 11.8 Å². The van der Waals surface area contributed by atoms with Gasteiger partial charge in [0.25, 0.3) is 0 Å². The van der Waals surface area contributed by atoms with Gasteiger partial charge in [-0.3, -0.25) is 4.57 Å². The minimum absolute atomic E-state index is 0.0207. The molecule has 140 valence electrons. The second-order valence-corrected chi connectivity index (χ2v) is 10.4. The summed E-state index contributed by atoms with van der Waals surface area (Å²) in [4.78, 5) is 0. The zero-order chi connectivity index (χ0) is 19.0. The van der Waals surface area contributed by atoms with Crippen molar-refractivity contribution in [3.8, 4) is 17.1 Å². The van der Waals surface area contributed by atoms with Gasteiger partial charge in [0.1, 0.15) is 0 Å². The van der Waals surface area contributed by atoms with Gasteiger partial charge in [-0.05, 0) is 31.9 Å². The molecule has 5 nitrogen and oxygen atoms in total. The molecule has 0 aliphatic carbocycles. The quantitative estimate of drug-likeness (QED) is 0.667. The smallest absolute Gasteiger partial charge is 0.196 e. The zero-order valence-electron chi connectivity index (χ0n) is 15.3. The first kappa shape index (κ1) is 18.3. The van der Waals surface area contributed by atoms with Crippen LogP contribution in [0.25, 0.3) is 17.1 Å². The number of thioether (sulfide) groups is 1. The summed E-state index contributed by atoms with van der Waals surface area (Å²) < 4.78 is 25.8. The van der Waals surface area contributed by atoms with Crippen LogP contribution in [0.4, 0.5) is 0 Å². The summed E-state index contributed by atoms with van der Waals surface area (Å²) in [6, 6.07) is 16.2. The Bertz CT molecular complexity index is 1080. The maximum absolute atomic E-state index is 11.8. The normalized spacial score (nSPS) is 18.7. The van der Waals surface area contributed by atoms with E-state index in [4.69, 9.17) is 0 Å². The van der Waals surface area contributed by atoms with E-state index in [0.717, 1.165) is 27.8 Å². The number of nitrogens with zero attached hydrogens (tertiary/aromatic N) is 3. The van der Waals surface area contributed by atoms with Crippen LogP contribution in [-0.4, -0.2) is 39.9 Å². The number of hydrogen-bond donors (Lipinski definition) is 0. The Morgan fingerprint density at radius 3 is 2.52 bits per heavy atom. The number of aryl methyl sites for hydroxylation is 2. The second-order valence-electron chi connectivity index (χ2n) is 6.94. The van der Waals surface area contributed by atoms with Crippen LogP contribution < -0.4 is 0 Å². The maximum atomic E-state index is 11.8. The van der Waals surface area contributed by atoms with Gasteiger partial charge >= 0.3 is 0 Å². The summed E-state index contributed by atoms with van der Waals surface area (Å²) in [7, 11) is -2.93. The Morgan fingerprint density at radius 1 is 1.07 bits per heavy atom. The zero-order valence-corrected chi connectivity index (χ0v) is 16.9. The molecule has 0 amide bonds. The summed E-state index contributed by atoms with van der Waals surface area (Å²) in [5, 5.41) is 9.63. The van der Waals surface area contributed by atoms with Crippen molar-refractivity contribution in [3.05, 3.63) is 59.7 Å². The minimum Gasteiger partial charge on any atom is -0.270 e. The van der Waals surface area contributed by atoms with E-state index in [1.165, 1.54) is 17.3 Å². The van der Waals surface area contributed by atoms with E-state index in [1.807, 2.05) is 30.3 Å². The SMILES string of the molecule is Cc1ccc(-n2c(SC3CCS(=O)(=O)C3)nnc2-c2ccccc2)c(C)c1. The molecule has 1 fully saturated rings. The first-order valence-electron chi connectivity index (χ1n) is 8.88. The molecule has 0 radical (unpaired) electrons. The van der Waals surface area contributed by atoms with Gasteiger partial charge in [-0.25, -0.2) is 8.42 Å². The standard InChI is InChI=1S/C20H21N3O2S2/c1-14-8-9-18(15(2)12-14)23-19(16-6-4-3-5-7-16)21-22-20(23)26-17-10-11-27(24,25)13-17/h3-9,12,17H,10-11,13H2,1-2H3. The highest BCUT2D eigenvalue weighted by Gasteiger charge is 2.31. The van der Waals surface area contributed by atoms with E-state index in [-0.39, 0.29) is 16.8 Å². The fraction of sp³-hybridized carbons (Fsp3) is 0.300. The van der Waals surface area contributed by atoms with Gasteiger partial charge in [0.05, 0.1) is 17.2 Å². The largest absolute Gasteiger partial charge is 0.270 e. The molecule has 27 heavy (non-hydrogen) atoms. The van der Waals surface area contributed by atoms with Gasteiger partial charge in [0.15, 0.2) is 20.8 Å². The Morgan fingerprint density at radius 2 is 1.85 bits per heavy atom. The van der Waals surface area contributed by atoms with E-state index in [9.17, 15) is 8.42 Å². The van der Waals surface area contributed by atoms with Gasteiger partial charge in [-0.2, -0.15) is 0 Å². The molecule has 2 heterocycles. The van der Waals surface area contributed by atoms with Crippen molar-refractivity contribution < 1.29 is 8.42 Å². The molecule has 1 saturated heterocycles. The summed E-state index contributed by atoms with van der Waals surface area (Å²) in [6.07, 6.45) is 0.660. The molecule has 1 aliphatic rings. The molecule has 1 unspecified atom stereocenters. The Balaban J connectivity index is 1.81.